The molecule has 1 heterocycles. The molecular weight excluding hydrogens is 262 g/mol. The molecule has 0 aliphatic carbocycles. The average molecular weight is 283 g/mol. The minimum absolute atomic E-state index is 0.0658. The van der Waals surface area contributed by atoms with Crippen LogP contribution in [0.1, 0.15) is 30.5 Å². The fourth-order valence-electron chi connectivity index (χ4n) is 2.51. The minimum atomic E-state index is 0.0658. The topological polar surface area (TPSA) is 12.5 Å². The van der Waals surface area contributed by atoms with Gasteiger partial charge in [-0.05, 0) is 44.4 Å². The number of hydrogen-bond donors (Lipinski definition) is 1. The third-order valence-electron chi connectivity index (χ3n) is 3.81. The zero-order chi connectivity index (χ0) is 13.3. The van der Waals surface area contributed by atoms with Crippen molar-refractivity contribution in [2.45, 2.75) is 38.6 Å². The molecule has 4 heteroatoms. The van der Waals surface area contributed by atoms with Gasteiger partial charge in [0.05, 0.1) is 12.0 Å². The molecule has 0 saturated heterocycles. The molecule has 18 heavy (non-hydrogen) atoms. The molecule has 0 fully saturated rings. The third-order valence-corrected chi connectivity index (χ3v) is 5.85. The first-order valence-electron chi connectivity index (χ1n) is 6.22. The minimum Gasteiger partial charge on any atom is -0.496 e. The summed E-state index contributed by atoms with van der Waals surface area (Å²) in [6, 6.07) is 4.24. The highest BCUT2D eigenvalue weighted by molar-refractivity contribution is 8.69. The first-order valence-corrected chi connectivity index (χ1v) is 8.09. The van der Waals surface area contributed by atoms with Crippen LogP contribution in [-0.2, 0) is 13.0 Å². The van der Waals surface area contributed by atoms with Crippen molar-refractivity contribution in [3.63, 3.8) is 0 Å². The molecule has 0 aromatic heterocycles. The number of ether oxygens (including phenoxy) is 1. The number of hydrogen-bond acceptors (Lipinski definition) is 4. The number of benzene rings is 1. The Morgan fingerprint density at radius 2 is 2.06 bits per heavy atom. The number of thiol groups is 1. The van der Waals surface area contributed by atoms with E-state index in [1.165, 1.54) is 16.7 Å². The lowest BCUT2D eigenvalue weighted by Gasteiger charge is -2.40. The fraction of sp³-hybridized carbons (Fsp3) is 0.571. The van der Waals surface area contributed by atoms with Crippen LogP contribution < -0.4 is 4.74 Å². The Kier molecular flexibility index (Phi) is 4.19. The Bertz CT molecular complexity index is 446. The second-order valence-corrected chi connectivity index (χ2v) is 6.98. The van der Waals surface area contributed by atoms with Gasteiger partial charge in [0.25, 0.3) is 0 Å². The molecule has 1 aromatic carbocycles. The van der Waals surface area contributed by atoms with E-state index in [0.717, 1.165) is 25.3 Å². The summed E-state index contributed by atoms with van der Waals surface area (Å²) in [6.07, 6.45) is 1.05. The normalized spacial score (nSPS) is 16.5. The summed E-state index contributed by atoms with van der Waals surface area (Å²) in [4.78, 5) is 2.55. The summed E-state index contributed by atoms with van der Waals surface area (Å²) in [5, 5.41) is 0. The van der Waals surface area contributed by atoms with Gasteiger partial charge in [-0.3, -0.25) is 4.90 Å². The molecule has 0 N–H and O–H groups in total. The van der Waals surface area contributed by atoms with Gasteiger partial charge >= 0.3 is 0 Å². The van der Waals surface area contributed by atoms with Crippen molar-refractivity contribution >= 4 is 22.5 Å². The van der Waals surface area contributed by atoms with E-state index >= 15 is 0 Å². The van der Waals surface area contributed by atoms with Gasteiger partial charge in [0, 0.05) is 18.7 Å². The van der Waals surface area contributed by atoms with Crippen molar-refractivity contribution in [1.29, 1.82) is 0 Å². The number of nitrogens with zero attached hydrogens (tertiary/aromatic N) is 1. The Labute approximate surface area is 119 Å². The largest absolute Gasteiger partial charge is 0.496 e. The average Bonchev–Trinajstić information content (AvgIpc) is 2.39. The molecule has 0 radical (unpaired) electrons. The van der Waals surface area contributed by atoms with Gasteiger partial charge in [-0.25, -0.2) is 0 Å². The fourth-order valence-corrected chi connectivity index (χ4v) is 3.13. The monoisotopic (exact) mass is 283 g/mol. The van der Waals surface area contributed by atoms with E-state index in [-0.39, 0.29) is 4.87 Å². The van der Waals surface area contributed by atoms with Crippen LogP contribution in [0.5, 0.6) is 5.75 Å². The summed E-state index contributed by atoms with van der Waals surface area (Å²) in [7, 11) is 3.37. The lowest BCUT2D eigenvalue weighted by Crippen LogP contribution is -2.43. The highest BCUT2D eigenvalue weighted by Gasteiger charge is 2.31. The molecular formula is C14H21NOS2. The van der Waals surface area contributed by atoms with Crippen LogP contribution >= 0.6 is 22.5 Å². The second kappa shape index (κ2) is 5.35. The molecule has 1 aliphatic heterocycles. The number of rotatable bonds is 3. The van der Waals surface area contributed by atoms with Crippen molar-refractivity contribution in [1.82, 2.24) is 4.90 Å². The molecule has 0 atom stereocenters. The first kappa shape index (κ1) is 14.1. The first-order chi connectivity index (χ1) is 8.49. The maximum atomic E-state index is 5.48. The maximum Gasteiger partial charge on any atom is 0.122 e. The highest BCUT2D eigenvalue weighted by atomic mass is 33.1. The Balaban J connectivity index is 2.35. The van der Waals surface area contributed by atoms with Crippen molar-refractivity contribution in [2.75, 3.05) is 13.7 Å². The number of aryl methyl sites for hydroxylation is 1. The molecule has 1 aliphatic rings. The van der Waals surface area contributed by atoms with Gasteiger partial charge in [0.2, 0.25) is 0 Å². The van der Waals surface area contributed by atoms with E-state index in [0.29, 0.717) is 0 Å². The molecule has 0 spiro atoms. The van der Waals surface area contributed by atoms with Crippen LogP contribution in [-0.4, -0.2) is 23.4 Å². The summed E-state index contributed by atoms with van der Waals surface area (Å²) >= 11 is 4.40. The van der Waals surface area contributed by atoms with Crippen LogP contribution in [0.4, 0.5) is 0 Å². The Hall–Kier alpha value is -0.320. The molecule has 0 amide bonds. The third kappa shape index (κ3) is 2.51. The van der Waals surface area contributed by atoms with E-state index in [9.17, 15) is 0 Å². The number of fused-ring (bicyclic) bond motifs is 1. The van der Waals surface area contributed by atoms with Gasteiger partial charge in [-0.1, -0.05) is 16.9 Å². The summed E-state index contributed by atoms with van der Waals surface area (Å²) in [6.45, 7) is 8.69. The van der Waals surface area contributed by atoms with Crippen LogP contribution in [0.25, 0.3) is 0 Å². The van der Waals surface area contributed by atoms with Gasteiger partial charge in [-0.2, -0.15) is 0 Å². The van der Waals surface area contributed by atoms with E-state index in [1.807, 2.05) is 0 Å². The molecule has 0 saturated carbocycles. The van der Waals surface area contributed by atoms with Gasteiger partial charge in [0.1, 0.15) is 5.75 Å². The zero-order valence-corrected chi connectivity index (χ0v) is 13.2. The zero-order valence-electron chi connectivity index (χ0n) is 11.5. The van der Waals surface area contributed by atoms with Crippen molar-refractivity contribution in [3.05, 3.63) is 28.8 Å². The summed E-state index contributed by atoms with van der Waals surface area (Å²) in [5.41, 5.74) is 4.17. The predicted octanol–water partition coefficient (Wildman–Crippen LogP) is 3.68. The van der Waals surface area contributed by atoms with E-state index < -0.39 is 0 Å². The summed E-state index contributed by atoms with van der Waals surface area (Å²) < 4.78 is 5.48. The summed E-state index contributed by atoms with van der Waals surface area (Å²) in [5.74, 6) is 1.03. The molecule has 0 bridgehead atoms. The second-order valence-electron chi connectivity index (χ2n) is 5.25. The Morgan fingerprint density at radius 3 is 2.67 bits per heavy atom. The maximum absolute atomic E-state index is 5.48. The molecule has 100 valence electrons. The smallest absolute Gasteiger partial charge is 0.122 e. The number of methoxy groups -OCH3 is 1. The Morgan fingerprint density at radius 1 is 1.33 bits per heavy atom. The van der Waals surface area contributed by atoms with Gasteiger partial charge < -0.3 is 4.74 Å². The van der Waals surface area contributed by atoms with E-state index in [1.54, 1.807) is 17.9 Å². The molecule has 1 aromatic rings. The molecule has 0 unspecified atom stereocenters. The lowest BCUT2D eigenvalue weighted by atomic mass is 9.94. The van der Waals surface area contributed by atoms with Crippen LogP contribution in [0.15, 0.2) is 12.1 Å². The molecule has 2 rings (SSSR count). The van der Waals surface area contributed by atoms with E-state index in [2.05, 4.69) is 49.5 Å². The SMILES string of the molecule is COc1ccc(C)c2c1CCN(C(C)(C)SS)C2. The van der Waals surface area contributed by atoms with Crippen molar-refractivity contribution in [3.8, 4) is 5.75 Å². The van der Waals surface area contributed by atoms with Crippen molar-refractivity contribution < 1.29 is 4.74 Å². The standard InChI is InChI=1S/C14H21NOS2/c1-10-5-6-13(16-4)11-7-8-15(9-12(10)11)14(2,3)18-17/h5-6,17H,7-9H2,1-4H3. The molecule has 2 nitrogen and oxygen atoms in total. The van der Waals surface area contributed by atoms with Crippen molar-refractivity contribution in [2.24, 2.45) is 0 Å². The van der Waals surface area contributed by atoms with Crippen LogP contribution in [0, 0.1) is 6.92 Å². The lowest BCUT2D eigenvalue weighted by molar-refractivity contribution is 0.177. The van der Waals surface area contributed by atoms with Gasteiger partial charge in [0.15, 0.2) is 0 Å². The van der Waals surface area contributed by atoms with Gasteiger partial charge in [-0.15, -0.1) is 11.7 Å². The predicted molar refractivity (Wildman–Crippen MR) is 82.5 cm³/mol. The van der Waals surface area contributed by atoms with Crippen LogP contribution in [0.3, 0.4) is 0 Å². The quantitative estimate of drug-likeness (QED) is 0.671. The highest BCUT2D eigenvalue weighted by Crippen LogP contribution is 2.38. The van der Waals surface area contributed by atoms with Crippen LogP contribution in [0.2, 0.25) is 0 Å². The van der Waals surface area contributed by atoms with E-state index in [4.69, 9.17) is 4.74 Å².